The highest BCUT2D eigenvalue weighted by molar-refractivity contribution is 5.25. The van der Waals surface area contributed by atoms with E-state index in [9.17, 15) is 8.78 Å². The van der Waals surface area contributed by atoms with E-state index < -0.39 is 11.8 Å². The summed E-state index contributed by atoms with van der Waals surface area (Å²) in [6.07, 6.45) is 1.44. The van der Waals surface area contributed by atoms with Gasteiger partial charge in [0.15, 0.2) is 0 Å². The molecule has 1 heterocycles. The molecule has 0 spiro atoms. The molecule has 1 N–H and O–H groups in total. The highest BCUT2D eigenvalue weighted by atomic mass is 19.3. The molecule has 1 aromatic rings. The first-order chi connectivity index (χ1) is 7.60. The molecular formula is C13H17F2N. The first-order valence-electron chi connectivity index (χ1n) is 5.76. The van der Waals surface area contributed by atoms with Gasteiger partial charge in [0.2, 0.25) is 0 Å². The molecule has 0 aromatic heterocycles. The fraction of sp³-hybridized carbons (Fsp3) is 0.538. The van der Waals surface area contributed by atoms with Crippen LogP contribution in [0.2, 0.25) is 0 Å². The zero-order valence-corrected chi connectivity index (χ0v) is 9.47. The van der Waals surface area contributed by atoms with Crippen LogP contribution in [0.5, 0.6) is 0 Å². The minimum absolute atomic E-state index is 0.145. The Bertz CT molecular complexity index is 339. The van der Waals surface area contributed by atoms with Crippen molar-refractivity contribution in [1.29, 1.82) is 0 Å². The van der Waals surface area contributed by atoms with E-state index >= 15 is 0 Å². The molecule has 0 aliphatic carbocycles. The maximum atomic E-state index is 14.1. The molecule has 88 valence electrons. The lowest BCUT2D eigenvalue weighted by Crippen LogP contribution is -2.39. The number of alkyl halides is 2. The Balaban J connectivity index is 2.19. The molecule has 2 rings (SSSR count). The summed E-state index contributed by atoms with van der Waals surface area (Å²) in [5, 5.41) is 3.04. The molecular weight excluding hydrogens is 208 g/mol. The van der Waals surface area contributed by atoms with Crippen LogP contribution in [0.4, 0.5) is 8.78 Å². The maximum absolute atomic E-state index is 14.1. The summed E-state index contributed by atoms with van der Waals surface area (Å²) in [7, 11) is 0. The average Bonchev–Trinajstić information content (AvgIpc) is 2.31. The van der Waals surface area contributed by atoms with Gasteiger partial charge < -0.3 is 5.32 Å². The van der Waals surface area contributed by atoms with E-state index in [1.54, 1.807) is 24.3 Å². The monoisotopic (exact) mass is 225 g/mol. The number of benzene rings is 1. The SMILES string of the molecule is Cc1ccc(C(F)(F)C2CCCNC2)cc1. The predicted octanol–water partition coefficient (Wildman–Crippen LogP) is 3.09. The third-order valence-electron chi connectivity index (χ3n) is 3.25. The molecule has 3 heteroatoms. The average molecular weight is 225 g/mol. The standard InChI is InChI=1S/C13H17F2N/c1-10-4-6-11(7-5-10)13(14,15)12-3-2-8-16-9-12/h4-7,12,16H,2-3,8-9H2,1H3. The van der Waals surface area contributed by atoms with Crippen molar-refractivity contribution in [2.24, 2.45) is 5.92 Å². The topological polar surface area (TPSA) is 12.0 Å². The molecule has 16 heavy (non-hydrogen) atoms. The molecule has 1 saturated heterocycles. The van der Waals surface area contributed by atoms with E-state index in [0.717, 1.165) is 18.5 Å². The second-order valence-corrected chi connectivity index (χ2v) is 4.53. The molecule has 0 amide bonds. The number of hydrogen-bond acceptors (Lipinski definition) is 1. The summed E-state index contributed by atoms with van der Waals surface area (Å²) in [5.41, 5.74) is 1.16. The van der Waals surface area contributed by atoms with Crippen molar-refractivity contribution < 1.29 is 8.78 Å². The van der Waals surface area contributed by atoms with Gasteiger partial charge in [-0.3, -0.25) is 0 Å². The number of rotatable bonds is 2. The smallest absolute Gasteiger partial charge is 0.277 e. The first-order valence-corrected chi connectivity index (χ1v) is 5.76. The molecule has 1 aliphatic heterocycles. The van der Waals surface area contributed by atoms with Crippen molar-refractivity contribution in [2.75, 3.05) is 13.1 Å². The third kappa shape index (κ3) is 2.24. The quantitative estimate of drug-likeness (QED) is 0.815. The molecule has 1 nitrogen and oxygen atoms in total. The van der Waals surface area contributed by atoms with Gasteiger partial charge >= 0.3 is 0 Å². The van der Waals surface area contributed by atoms with Crippen LogP contribution < -0.4 is 5.32 Å². The summed E-state index contributed by atoms with van der Waals surface area (Å²) in [6.45, 7) is 3.19. The van der Waals surface area contributed by atoms with Crippen molar-refractivity contribution in [2.45, 2.75) is 25.7 Å². The molecule has 1 aromatic carbocycles. The van der Waals surface area contributed by atoms with Crippen LogP contribution >= 0.6 is 0 Å². The zero-order valence-electron chi connectivity index (χ0n) is 9.47. The molecule has 0 radical (unpaired) electrons. The highest BCUT2D eigenvalue weighted by Gasteiger charge is 2.41. The van der Waals surface area contributed by atoms with Gasteiger partial charge in [0.25, 0.3) is 5.92 Å². The number of aryl methyl sites for hydroxylation is 1. The van der Waals surface area contributed by atoms with Crippen molar-refractivity contribution in [3.63, 3.8) is 0 Å². The normalized spacial score (nSPS) is 22.1. The fourth-order valence-electron chi connectivity index (χ4n) is 2.17. The van der Waals surface area contributed by atoms with Crippen molar-refractivity contribution in [3.8, 4) is 0 Å². The Labute approximate surface area is 94.9 Å². The summed E-state index contributed by atoms with van der Waals surface area (Å²) >= 11 is 0. The van der Waals surface area contributed by atoms with Gasteiger partial charge in [0.1, 0.15) is 0 Å². The minimum Gasteiger partial charge on any atom is -0.316 e. The molecule has 1 unspecified atom stereocenters. The zero-order chi connectivity index (χ0) is 11.6. The van der Waals surface area contributed by atoms with Crippen LogP contribution in [0.1, 0.15) is 24.0 Å². The number of halogens is 2. The van der Waals surface area contributed by atoms with E-state index in [-0.39, 0.29) is 5.56 Å². The van der Waals surface area contributed by atoms with Crippen molar-refractivity contribution in [3.05, 3.63) is 35.4 Å². The Morgan fingerprint density at radius 1 is 1.25 bits per heavy atom. The van der Waals surface area contributed by atoms with Gasteiger partial charge in [-0.1, -0.05) is 29.8 Å². The van der Waals surface area contributed by atoms with E-state index in [1.165, 1.54) is 0 Å². The van der Waals surface area contributed by atoms with Gasteiger partial charge in [-0.2, -0.15) is 0 Å². The van der Waals surface area contributed by atoms with Gasteiger partial charge in [0, 0.05) is 18.0 Å². The van der Waals surface area contributed by atoms with Gasteiger partial charge in [-0.25, -0.2) is 8.78 Å². The highest BCUT2D eigenvalue weighted by Crippen LogP contribution is 2.39. The van der Waals surface area contributed by atoms with E-state index in [2.05, 4.69) is 5.32 Å². The molecule has 1 aliphatic rings. The third-order valence-corrected chi connectivity index (χ3v) is 3.25. The van der Waals surface area contributed by atoms with Crippen LogP contribution in [0.15, 0.2) is 24.3 Å². The summed E-state index contributed by atoms with van der Waals surface area (Å²) in [6, 6.07) is 6.59. The molecule has 0 bridgehead atoms. The van der Waals surface area contributed by atoms with E-state index in [0.29, 0.717) is 13.0 Å². The summed E-state index contributed by atoms with van der Waals surface area (Å²) in [5.74, 6) is -3.27. The van der Waals surface area contributed by atoms with Crippen LogP contribution in [0.25, 0.3) is 0 Å². The Kier molecular flexibility index (Phi) is 3.24. The molecule has 1 atom stereocenters. The predicted molar refractivity (Wildman–Crippen MR) is 60.7 cm³/mol. The molecule has 0 saturated carbocycles. The van der Waals surface area contributed by atoms with Crippen LogP contribution in [0, 0.1) is 12.8 Å². The largest absolute Gasteiger partial charge is 0.316 e. The molecule has 1 fully saturated rings. The maximum Gasteiger partial charge on any atom is 0.277 e. The van der Waals surface area contributed by atoms with Crippen LogP contribution in [0.3, 0.4) is 0 Å². The lowest BCUT2D eigenvalue weighted by molar-refractivity contribution is -0.0724. The van der Waals surface area contributed by atoms with Crippen molar-refractivity contribution >= 4 is 0 Å². The summed E-state index contributed by atoms with van der Waals surface area (Å²) < 4.78 is 28.3. The number of nitrogens with one attached hydrogen (secondary N) is 1. The van der Waals surface area contributed by atoms with Gasteiger partial charge in [0.05, 0.1) is 0 Å². The fourth-order valence-corrected chi connectivity index (χ4v) is 2.17. The Morgan fingerprint density at radius 2 is 1.94 bits per heavy atom. The Hall–Kier alpha value is -0.960. The van der Waals surface area contributed by atoms with E-state index in [4.69, 9.17) is 0 Å². The van der Waals surface area contributed by atoms with Crippen molar-refractivity contribution in [1.82, 2.24) is 5.32 Å². The van der Waals surface area contributed by atoms with E-state index in [1.807, 2.05) is 6.92 Å². The second kappa shape index (κ2) is 4.50. The number of piperidine rings is 1. The lowest BCUT2D eigenvalue weighted by Gasteiger charge is -2.30. The Morgan fingerprint density at radius 3 is 2.50 bits per heavy atom. The number of hydrogen-bond donors (Lipinski definition) is 1. The van der Waals surface area contributed by atoms with Gasteiger partial charge in [-0.15, -0.1) is 0 Å². The van der Waals surface area contributed by atoms with Crippen LogP contribution in [-0.2, 0) is 5.92 Å². The summed E-state index contributed by atoms with van der Waals surface area (Å²) in [4.78, 5) is 0. The minimum atomic E-state index is -2.71. The van der Waals surface area contributed by atoms with Crippen LogP contribution in [-0.4, -0.2) is 13.1 Å². The lowest BCUT2D eigenvalue weighted by atomic mass is 9.88. The van der Waals surface area contributed by atoms with Gasteiger partial charge in [-0.05, 0) is 26.3 Å². The first kappa shape index (κ1) is 11.5. The second-order valence-electron chi connectivity index (χ2n) is 4.53.